The van der Waals surface area contributed by atoms with Crippen LogP contribution in [0, 0.1) is 5.92 Å². The molecule has 0 aliphatic carbocycles. The monoisotopic (exact) mass is 230 g/mol. The Morgan fingerprint density at radius 2 is 2.24 bits per heavy atom. The van der Waals surface area contributed by atoms with Gasteiger partial charge in [0.1, 0.15) is 0 Å². The van der Waals surface area contributed by atoms with Crippen molar-refractivity contribution in [2.24, 2.45) is 5.92 Å². The van der Waals surface area contributed by atoms with Gasteiger partial charge in [-0.2, -0.15) is 5.10 Å². The third-order valence-electron chi connectivity index (χ3n) is 2.43. The Morgan fingerprint density at radius 1 is 1.35 bits per heavy atom. The second kappa shape index (κ2) is 5.59. The van der Waals surface area contributed by atoms with Crippen LogP contribution in [0.1, 0.15) is 19.5 Å². The van der Waals surface area contributed by atoms with Crippen molar-refractivity contribution in [2.75, 3.05) is 6.54 Å². The van der Waals surface area contributed by atoms with Gasteiger partial charge in [0.05, 0.1) is 11.4 Å². The lowest BCUT2D eigenvalue weighted by molar-refractivity contribution is 0.548. The molecule has 2 aromatic rings. The largest absolute Gasteiger partial charge is 0.311 e. The van der Waals surface area contributed by atoms with E-state index in [1.165, 1.54) is 0 Å². The Hall–Kier alpha value is -1.68. The summed E-state index contributed by atoms with van der Waals surface area (Å²) >= 11 is 0. The minimum atomic E-state index is 0.657. The average Bonchev–Trinajstić information content (AvgIpc) is 2.82. The van der Waals surface area contributed by atoms with E-state index in [2.05, 4.69) is 35.3 Å². The van der Waals surface area contributed by atoms with Gasteiger partial charge in [-0.3, -0.25) is 4.98 Å². The van der Waals surface area contributed by atoms with Crippen LogP contribution in [0.3, 0.4) is 0 Å². The van der Waals surface area contributed by atoms with Gasteiger partial charge in [-0.05, 0) is 30.7 Å². The van der Waals surface area contributed by atoms with E-state index in [-0.39, 0.29) is 0 Å². The Bertz CT molecular complexity index is 448. The number of pyridine rings is 1. The molecular formula is C13H18N4. The minimum Gasteiger partial charge on any atom is -0.311 e. The summed E-state index contributed by atoms with van der Waals surface area (Å²) in [6, 6.07) is 5.93. The highest BCUT2D eigenvalue weighted by Crippen LogP contribution is 2.06. The molecule has 0 amide bonds. The van der Waals surface area contributed by atoms with Crippen LogP contribution >= 0.6 is 0 Å². The van der Waals surface area contributed by atoms with Crippen LogP contribution in [-0.4, -0.2) is 21.3 Å². The third kappa shape index (κ3) is 3.39. The molecule has 0 aromatic carbocycles. The molecule has 2 aromatic heterocycles. The standard InChI is InChI=1S/C13H18N4/c1-11(2)9-14-10-12-8-13(4-6-15-12)17-7-3-5-16-17/h3-8,11,14H,9-10H2,1-2H3. The first-order valence-electron chi connectivity index (χ1n) is 5.91. The highest BCUT2D eigenvalue weighted by molar-refractivity contribution is 5.30. The lowest BCUT2D eigenvalue weighted by atomic mass is 10.2. The van der Waals surface area contributed by atoms with Gasteiger partial charge in [-0.1, -0.05) is 13.8 Å². The second-order valence-electron chi connectivity index (χ2n) is 4.48. The van der Waals surface area contributed by atoms with Crippen LogP contribution in [0.25, 0.3) is 5.69 Å². The first kappa shape index (κ1) is 11.8. The topological polar surface area (TPSA) is 42.7 Å². The predicted octanol–water partition coefficient (Wildman–Crippen LogP) is 2.01. The molecule has 4 nitrogen and oxygen atoms in total. The van der Waals surface area contributed by atoms with Crippen molar-refractivity contribution in [3.63, 3.8) is 0 Å². The number of aromatic nitrogens is 3. The molecule has 2 rings (SSSR count). The van der Waals surface area contributed by atoms with Crippen molar-refractivity contribution in [2.45, 2.75) is 20.4 Å². The molecule has 90 valence electrons. The Morgan fingerprint density at radius 3 is 2.94 bits per heavy atom. The number of nitrogens with zero attached hydrogens (tertiary/aromatic N) is 3. The SMILES string of the molecule is CC(C)CNCc1cc(-n2cccn2)ccn1. The number of hydrogen-bond donors (Lipinski definition) is 1. The molecule has 0 saturated carbocycles. The molecular weight excluding hydrogens is 212 g/mol. The zero-order chi connectivity index (χ0) is 12.1. The number of hydrogen-bond acceptors (Lipinski definition) is 3. The fraction of sp³-hybridized carbons (Fsp3) is 0.385. The van der Waals surface area contributed by atoms with Crippen molar-refractivity contribution in [1.82, 2.24) is 20.1 Å². The minimum absolute atomic E-state index is 0.657. The molecule has 0 aliphatic rings. The van der Waals surface area contributed by atoms with E-state index in [9.17, 15) is 0 Å². The van der Waals surface area contributed by atoms with E-state index in [0.717, 1.165) is 24.5 Å². The van der Waals surface area contributed by atoms with Crippen molar-refractivity contribution in [1.29, 1.82) is 0 Å². The Kier molecular flexibility index (Phi) is 3.88. The maximum absolute atomic E-state index is 4.34. The molecule has 0 aliphatic heterocycles. The van der Waals surface area contributed by atoms with Crippen molar-refractivity contribution in [3.05, 3.63) is 42.5 Å². The first-order chi connectivity index (χ1) is 8.25. The van der Waals surface area contributed by atoms with E-state index < -0.39 is 0 Å². The van der Waals surface area contributed by atoms with E-state index >= 15 is 0 Å². The molecule has 4 heteroatoms. The van der Waals surface area contributed by atoms with Gasteiger partial charge in [-0.25, -0.2) is 4.68 Å². The van der Waals surface area contributed by atoms with Crippen molar-refractivity contribution >= 4 is 0 Å². The van der Waals surface area contributed by atoms with E-state index in [4.69, 9.17) is 0 Å². The summed E-state index contributed by atoms with van der Waals surface area (Å²) in [6.45, 7) is 6.20. The number of rotatable bonds is 5. The predicted molar refractivity (Wildman–Crippen MR) is 67.9 cm³/mol. The van der Waals surface area contributed by atoms with Gasteiger partial charge in [0.2, 0.25) is 0 Å². The normalized spacial score (nSPS) is 11.0. The lowest BCUT2D eigenvalue weighted by Crippen LogP contribution is -2.19. The molecule has 0 saturated heterocycles. The molecule has 1 N–H and O–H groups in total. The summed E-state index contributed by atoms with van der Waals surface area (Å²) in [4.78, 5) is 4.34. The van der Waals surface area contributed by atoms with Crippen LogP contribution < -0.4 is 5.32 Å². The zero-order valence-corrected chi connectivity index (χ0v) is 10.3. The van der Waals surface area contributed by atoms with E-state index in [0.29, 0.717) is 5.92 Å². The summed E-state index contributed by atoms with van der Waals surface area (Å²) in [5.74, 6) is 0.657. The molecule has 0 spiro atoms. The van der Waals surface area contributed by atoms with Gasteiger partial charge in [0.25, 0.3) is 0 Å². The van der Waals surface area contributed by atoms with Crippen LogP contribution in [0.5, 0.6) is 0 Å². The molecule has 17 heavy (non-hydrogen) atoms. The maximum Gasteiger partial charge on any atom is 0.0679 e. The second-order valence-corrected chi connectivity index (χ2v) is 4.48. The highest BCUT2D eigenvalue weighted by atomic mass is 15.3. The number of nitrogens with one attached hydrogen (secondary N) is 1. The molecule has 0 bridgehead atoms. The summed E-state index contributed by atoms with van der Waals surface area (Å²) in [7, 11) is 0. The summed E-state index contributed by atoms with van der Waals surface area (Å²) in [5, 5.41) is 7.59. The van der Waals surface area contributed by atoms with Crippen LogP contribution in [0.15, 0.2) is 36.8 Å². The summed E-state index contributed by atoms with van der Waals surface area (Å²) < 4.78 is 1.84. The zero-order valence-electron chi connectivity index (χ0n) is 10.3. The first-order valence-corrected chi connectivity index (χ1v) is 5.91. The quantitative estimate of drug-likeness (QED) is 0.854. The fourth-order valence-electron chi connectivity index (χ4n) is 1.62. The maximum atomic E-state index is 4.34. The molecule has 2 heterocycles. The van der Waals surface area contributed by atoms with E-state index in [1.807, 2.05) is 29.2 Å². The summed E-state index contributed by atoms with van der Waals surface area (Å²) in [6.07, 6.45) is 5.53. The smallest absolute Gasteiger partial charge is 0.0679 e. The highest BCUT2D eigenvalue weighted by Gasteiger charge is 2.00. The van der Waals surface area contributed by atoms with Gasteiger partial charge in [0, 0.05) is 25.1 Å². The summed E-state index contributed by atoms with van der Waals surface area (Å²) in [5.41, 5.74) is 2.09. The van der Waals surface area contributed by atoms with Gasteiger partial charge >= 0.3 is 0 Å². The van der Waals surface area contributed by atoms with Gasteiger partial charge < -0.3 is 5.32 Å². The Balaban J connectivity index is 2.02. The lowest BCUT2D eigenvalue weighted by Gasteiger charge is -2.08. The average molecular weight is 230 g/mol. The van der Waals surface area contributed by atoms with Crippen LogP contribution in [-0.2, 0) is 6.54 Å². The third-order valence-corrected chi connectivity index (χ3v) is 2.43. The van der Waals surface area contributed by atoms with Crippen LogP contribution in [0.4, 0.5) is 0 Å². The van der Waals surface area contributed by atoms with Crippen molar-refractivity contribution < 1.29 is 0 Å². The van der Waals surface area contributed by atoms with E-state index in [1.54, 1.807) is 6.20 Å². The molecule has 0 radical (unpaired) electrons. The fourth-order valence-corrected chi connectivity index (χ4v) is 1.62. The Labute approximate surface area is 102 Å². The van der Waals surface area contributed by atoms with Crippen LogP contribution in [0.2, 0.25) is 0 Å². The van der Waals surface area contributed by atoms with Gasteiger partial charge in [-0.15, -0.1) is 0 Å². The molecule has 0 unspecified atom stereocenters. The molecule has 0 fully saturated rings. The van der Waals surface area contributed by atoms with Crippen molar-refractivity contribution in [3.8, 4) is 5.69 Å². The molecule has 0 atom stereocenters. The van der Waals surface area contributed by atoms with Gasteiger partial charge in [0.15, 0.2) is 0 Å².